The lowest BCUT2D eigenvalue weighted by Gasteiger charge is -2.14. The van der Waals surface area contributed by atoms with E-state index >= 15 is 0 Å². The lowest BCUT2D eigenvalue weighted by Crippen LogP contribution is -2.17. The minimum atomic E-state index is -4.73. The second kappa shape index (κ2) is 8.46. The largest absolute Gasteiger partial charge is 0.573 e. The van der Waals surface area contributed by atoms with E-state index in [1.54, 1.807) is 24.3 Å². The smallest absolute Gasteiger partial charge is 0.457 e. The topological polar surface area (TPSA) is 18.5 Å². The monoisotopic (exact) mass is 428 g/mol. The Bertz CT molecular complexity index is 1050. The molecule has 0 aromatic heterocycles. The highest BCUT2D eigenvalue weighted by atomic mass is 19.4. The van der Waals surface area contributed by atoms with E-state index in [-0.39, 0.29) is 18.0 Å². The van der Waals surface area contributed by atoms with E-state index in [9.17, 15) is 17.6 Å². The standard InChI is InChI=1S/C25H20F4O2/c26-20(15-18-5-4-8-23(16-18)30-21-6-2-1-3-7-21)17-24(13-14-24)19-9-11-22(12-10-19)31-25(27,28)29/h1-12,16-17H,13-15H2/b20-17+. The first-order valence-corrected chi connectivity index (χ1v) is 9.87. The van der Waals surface area contributed by atoms with E-state index in [1.807, 2.05) is 48.5 Å². The molecule has 1 aliphatic rings. The van der Waals surface area contributed by atoms with Crippen LogP contribution in [0.25, 0.3) is 0 Å². The molecule has 0 heterocycles. The molecular weight excluding hydrogens is 408 g/mol. The van der Waals surface area contributed by atoms with Gasteiger partial charge in [0.25, 0.3) is 0 Å². The Morgan fingerprint density at radius 3 is 2.16 bits per heavy atom. The maximum atomic E-state index is 14.8. The average Bonchev–Trinajstić information content (AvgIpc) is 3.48. The maximum absolute atomic E-state index is 14.8. The summed E-state index contributed by atoms with van der Waals surface area (Å²) in [6.07, 6.45) is -1.54. The zero-order valence-electron chi connectivity index (χ0n) is 16.5. The van der Waals surface area contributed by atoms with E-state index in [0.717, 1.165) is 24.0 Å². The van der Waals surface area contributed by atoms with Gasteiger partial charge in [0.15, 0.2) is 0 Å². The Morgan fingerprint density at radius 2 is 1.52 bits per heavy atom. The Labute approximate surface area is 177 Å². The van der Waals surface area contributed by atoms with Crippen LogP contribution in [0.4, 0.5) is 17.6 Å². The minimum absolute atomic E-state index is 0.114. The summed E-state index contributed by atoms with van der Waals surface area (Å²) in [5.41, 5.74) is 1.07. The van der Waals surface area contributed by atoms with Crippen LogP contribution in [0, 0.1) is 0 Å². The summed E-state index contributed by atoms with van der Waals surface area (Å²) < 4.78 is 61.5. The molecule has 0 saturated heterocycles. The first-order chi connectivity index (χ1) is 14.8. The molecule has 1 aliphatic carbocycles. The van der Waals surface area contributed by atoms with Crippen LogP contribution < -0.4 is 9.47 Å². The van der Waals surface area contributed by atoms with Gasteiger partial charge in [0.05, 0.1) is 0 Å². The third-order valence-corrected chi connectivity index (χ3v) is 5.13. The third kappa shape index (κ3) is 5.66. The predicted octanol–water partition coefficient (Wildman–Crippen LogP) is 7.51. The molecular formula is C25H20F4O2. The van der Waals surface area contributed by atoms with Crippen molar-refractivity contribution < 1.29 is 27.0 Å². The van der Waals surface area contributed by atoms with Gasteiger partial charge in [-0.2, -0.15) is 0 Å². The third-order valence-electron chi connectivity index (χ3n) is 5.13. The van der Waals surface area contributed by atoms with Crippen molar-refractivity contribution in [3.8, 4) is 17.2 Å². The van der Waals surface area contributed by atoms with Gasteiger partial charge in [0.2, 0.25) is 0 Å². The Hall–Kier alpha value is -3.28. The summed E-state index contributed by atoms with van der Waals surface area (Å²) in [4.78, 5) is 0. The van der Waals surface area contributed by atoms with E-state index in [0.29, 0.717) is 11.5 Å². The van der Waals surface area contributed by atoms with Crippen LogP contribution in [0.3, 0.4) is 0 Å². The zero-order chi connectivity index (χ0) is 21.9. The van der Waals surface area contributed by atoms with Crippen LogP contribution in [0.5, 0.6) is 17.2 Å². The van der Waals surface area contributed by atoms with Gasteiger partial charge in [-0.25, -0.2) is 4.39 Å². The second-order valence-corrected chi connectivity index (χ2v) is 7.56. The normalized spacial score (nSPS) is 15.4. The van der Waals surface area contributed by atoms with Crippen LogP contribution in [0.15, 0.2) is 90.8 Å². The van der Waals surface area contributed by atoms with Gasteiger partial charge in [0, 0.05) is 11.8 Å². The van der Waals surface area contributed by atoms with Crippen molar-refractivity contribution in [2.45, 2.75) is 31.0 Å². The Kier molecular flexibility index (Phi) is 5.72. The van der Waals surface area contributed by atoms with Gasteiger partial charge in [-0.05, 0) is 66.4 Å². The van der Waals surface area contributed by atoms with Crippen LogP contribution in [-0.2, 0) is 11.8 Å². The molecule has 0 N–H and O–H groups in total. The number of hydrogen-bond acceptors (Lipinski definition) is 2. The van der Waals surface area contributed by atoms with E-state index < -0.39 is 11.8 Å². The number of rotatable bonds is 7. The van der Waals surface area contributed by atoms with Crippen molar-refractivity contribution in [2.24, 2.45) is 0 Å². The molecule has 0 atom stereocenters. The van der Waals surface area contributed by atoms with Crippen LogP contribution in [-0.4, -0.2) is 6.36 Å². The summed E-state index contributed by atoms with van der Waals surface area (Å²) in [6.45, 7) is 0. The lowest BCUT2D eigenvalue weighted by molar-refractivity contribution is -0.274. The highest BCUT2D eigenvalue weighted by molar-refractivity contribution is 5.42. The van der Waals surface area contributed by atoms with Crippen molar-refractivity contribution in [1.82, 2.24) is 0 Å². The number of para-hydroxylation sites is 1. The number of ether oxygens (including phenoxy) is 2. The first-order valence-electron chi connectivity index (χ1n) is 9.87. The van der Waals surface area contributed by atoms with E-state index in [4.69, 9.17) is 4.74 Å². The summed E-state index contributed by atoms with van der Waals surface area (Å²) >= 11 is 0. The molecule has 0 spiro atoms. The SMILES string of the molecule is F/C(=C/C1(c2ccc(OC(F)(F)F)cc2)CC1)Cc1cccc(Oc2ccccc2)c1. The van der Waals surface area contributed by atoms with Crippen molar-refractivity contribution in [3.63, 3.8) is 0 Å². The molecule has 0 radical (unpaired) electrons. The van der Waals surface area contributed by atoms with Crippen LogP contribution in [0.2, 0.25) is 0 Å². The highest BCUT2D eigenvalue weighted by Gasteiger charge is 2.43. The quantitative estimate of drug-likeness (QED) is 0.363. The van der Waals surface area contributed by atoms with Crippen LogP contribution in [0.1, 0.15) is 24.0 Å². The van der Waals surface area contributed by atoms with Gasteiger partial charge in [-0.1, -0.05) is 42.5 Å². The van der Waals surface area contributed by atoms with Gasteiger partial charge < -0.3 is 9.47 Å². The second-order valence-electron chi connectivity index (χ2n) is 7.56. The summed E-state index contributed by atoms with van der Waals surface area (Å²) in [7, 11) is 0. The predicted molar refractivity (Wildman–Crippen MR) is 110 cm³/mol. The molecule has 4 rings (SSSR count). The Morgan fingerprint density at radius 1 is 0.839 bits per heavy atom. The fourth-order valence-corrected chi connectivity index (χ4v) is 3.53. The number of hydrogen-bond donors (Lipinski definition) is 0. The molecule has 160 valence electrons. The molecule has 31 heavy (non-hydrogen) atoms. The average molecular weight is 428 g/mol. The van der Waals surface area contributed by atoms with Crippen molar-refractivity contribution >= 4 is 0 Å². The molecule has 0 amide bonds. The molecule has 2 nitrogen and oxygen atoms in total. The summed E-state index contributed by atoms with van der Waals surface area (Å²) in [6, 6.07) is 22.2. The molecule has 6 heteroatoms. The zero-order valence-corrected chi connectivity index (χ0v) is 16.5. The van der Waals surface area contributed by atoms with E-state index in [1.165, 1.54) is 12.1 Å². The highest BCUT2D eigenvalue weighted by Crippen LogP contribution is 2.50. The minimum Gasteiger partial charge on any atom is -0.457 e. The molecule has 1 saturated carbocycles. The van der Waals surface area contributed by atoms with E-state index in [2.05, 4.69) is 4.74 Å². The molecule has 3 aromatic carbocycles. The first kappa shape index (κ1) is 21.0. The lowest BCUT2D eigenvalue weighted by atomic mass is 9.94. The van der Waals surface area contributed by atoms with Crippen LogP contribution >= 0.6 is 0 Å². The Balaban J connectivity index is 1.44. The fourth-order valence-electron chi connectivity index (χ4n) is 3.53. The van der Waals surface area contributed by atoms with Crippen molar-refractivity contribution in [3.05, 3.63) is 102 Å². The molecule has 0 bridgehead atoms. The number of alkyl halides is 3. The summed E-state index contributed by atoms with van der Waals surface area (Å²) in [5.74, 6) is 0.750. The molecule has 0 aliphatic heterocycles. The summed E-state index contributed by atoms with van der Waals surface area (Å²) in [5, 5.41) is 0. The van der Waals surface area contributed by atoms with Gasteiger partial charge in [0.1, 0.15) is 23.1 Å². The van der Waals surface area contributed by atoms with Gasteiger partial charge in [-0.15, -0.1) is 13.2 Å². The fraction of sp³-hybridized carbons (Fsp3) is 0.200. The van der Waals surface area contributed by atoms with Gasteiger partial charge >= 0.3 is 6.36 Å². The molecule has 1 fully saturated rings. The molecule has 0 unspecified atom stereocenters. The van der Waals surface area contributed by atoms with Gasteiger partial charge in [-0.3, -0.25) is 0 Å². The van der Waals surface area contributed by atoms with Crippen molar-refractivity contribution in [1.29, 1.82) is 0 Å². The van der Waals surface area contributed by atoms with Crippen molar-refractivity contribution in [2.75, 3.05) is 0 Å². The molecule has 3 aromatic rings. The number of allylic oxidation sites excluding steroid dienone is 2. The number of benzene rings is 3. The number of halogens is 4. The maximum Gasteiger partial charge on any atom is 0.573 e.